The van der Waals surface area contributed by atoms with Gasteiger partial charge in [-0.3, -0.25) is 14.4 Å². The summed E-state index contributed by atoms with van der Waals surface area (Å²) in [5.74, 6) is -5.17. The number of rotatable bonds is 9. The van der Waals surface area contributed by atoms with E-state index in [1.54, 1.807) is 27.7 Å². The average molecular weight is 828 g/mol. The van der Waals surface area contributed by atoms with Crippen LogP contribution in [0.4, 0.5) is 0 Å². The van der Waals surface area contributed by atoms with E-state index in [9.17, 15) is 39.9 Å². The molecule has 3 saturated heterocycles. The number of hydrogen-bond donors (Lipinski definition) is 5. The number of esters is 1. The van der Waals surface area contributed by atoms with E-state index in [0.29, 0.717) is 12.8 Å². The molecule has 2 aromatic rings. The fourth-order valence-electron chi connectivity index (χ4n) is 9.54. The van der Waals surface area contributed by atoms with Crippen LogP contribution in [0.1, 0.15) is 122 Å². The lowest BCUT2D eigenvalue weighted by atomic mass is 9.64. The van der Waals surface area contributed by atoms with Crippen LogP contribution in [-0.4, -0.2) is 142 Å². The fourth-order valence-corrected chi connectivity index (χ4v) is 9.54. The van der Waals surface area contributed by atoms with E-state index in [0.717, 1.165) is 0 Å². The van der Waals surface area contributed by atoms with Gasteiger partial charge in [-0.15, -0.1) is 0 Å². The minimum absolute atomic E-state index is 0.0279. The van der Waals surface area contributed by atoms with Gasteiger partial charge in [0.1, 0.15) is 29.6 Å². The number of fused-ring (bicyclic) bond motifs is 3. The predicted molar refractivity (Wildman–Crippen MR) is 207 cm³/mol. The van der Waals surface area contributed by atoms with Gasteiger partial charge in [-0.2, -0.15) is 0 Å². The molecule has 59 heavy (non-hydrogen) atoms. The Morgan fingerprint density at radius 2 is 1.47 bits per heavy atom. The van der Waals surface area contributed by atoms with Crippen molar-refractivity contribution >= 4 is 17.5 Å². The third-order valence-electron chi connectivity index (χ3n) is 12.9. The SMILES string of the molecule is COC(=O)[C@@H]1c2cc3c(c(O)c2[C@@H](O[C@H]2C[C@H](N(C)C)[C@H](O[C@H]4C[C@H](O)[C@H](O[C@H]5CC[C@H](O)[C@H](C)O5)[C@H](C)O4)[C@H](C)O2)C[C@]1(O)C(C)C)C(=O)c1c(O)cccc1C3=O. The quantitative estimate of drug-likeness (QED) is 0.196. The van der Waals surface area contributed by atoms with Gasteiger partial charge in [0, 0.05) is 48.4 Å². The normalized spacial score (nSPS) is 37.2. The van der Waals surface area contributed by atoms with Crippen LogP contribution >= 0.6 is 0 Å². The van der Waals surface area contributed by atoms with Gasteiger partial charge in [0.2, 0.25) is 5.78 Å². The first-order valence-electron chi connectivity index (χ1n) is 20.4. The lowest BCUT2D eigenvalue weighted by Crippen LogP contribution is -2.58. The molecule has 5 N–H and O–H groups in total. The number of carbonyl (C=O) groups is 3. The summed E-state index contributed by atoms with van der Waals surface area (Å²) in [6, 6.07) is 5.13. The molecule has 0 radical (unpaired) electrons. The number of aromatic hydroxyl groups is 2. The molecular formula is C43H57NO15. The second-order valence-corrected chi connectivity index (χ2v) is 17.2. The molecule has 2 aliphatic carbocycles. The highest BCUT2D eigenvalue weighted by molar-refractivity contribution is 6.30. The van der Waals surface area contributed by atoms with Crippen LogP contribution in [-0.2, 0) is 38.0 Å². The number of hydrogen-bond acceptors (Lipinski definition) is 16. The number of methoxy groups -OCH3 is 1. The number of aliphatic hydroxyl groups excluding tert-OH is 2. The Labute approximate surface area is 343 Å². The van der Waals surface area contributed by atoms with Crippen molar-refractivity contribution in [2.45, 2.75) is 152 Å². The number of carbonyl (C=O) groups excluding carboxylic acids is 3. The van der Waals surface area contributed by atoms with Crippen molar-refractivity contribution in [3.05, 3.63) is 57.6 Å². The number of phenols is 2. The van der Waals surface area contributed by atoms with Gasteiger partial charge < -0.3 is 63.6 Å². The molecule has 3 heterocycles. The summed E-state index contributed by atoms with van der Waals surface area (Å²) >= 11 is 0. The predicted octanol–water partition coefficient (Wildman–Crippen LogP) is 3.20. The Bertz CT molecular complexity index is 1920. The largest absolute Gasteiger partial charge is 0.507 e. The Kier molecular flexibility index (Phi) is 12.3. The zero-order chi connectivity index (χ0) is 42.8. The molecule has 0 aromatic heterocycles. The number of aliphatic hydroxyl groups is 3. The van der Waals surface area contributed by atoms with Gasteiger partial charge in [-0.05, 0) is 64.9 Å². The molecule has 0 unspecified atom stereocenters. The molecule has 16 heteroatoms. The molecule has 0 amide bonds. The van der Waals surface area contributed by atoms with Crippen molar-refractivity contribution in [2.24, 2.45) is 5.92 Å². The molecule has 324 valence electrons. The van der Waals surface area contributed by atoms with Crippen LogP contribution in [0.15, 0.2) is 24.3 Å². The first kappa shape index (κ1) is 43.5. The summed E-state index contributed by atoms with van der Waals surface area (Å²) in [5, 5.41) is 56.3. The highest BCUT2D eigenvalue weighted by Crippen LogP contribution is 2.55. The highest BCUT2D eigenvalue weighted by Gasteiger charge is 2.55. The maximum absolute atomic E-state index is 14.0. The van der Waals surface area contributed by atoms with Crippen molar-refractivity contribution in [1.29, 1.82) is 0 Å². The van der Waals surface area contributed by atoms with Crippen molar-refractivity contribution in [3.63, 3.8) is 0 Å². The molecule has 3 fully saturated rings. The fraction of sp³-hybridized carbons (Fsp3) is 0.651. The molecule has 0 spiro atoms. The van der Waals surface area contributed by atoms with E-state index in [-0.39, 0.29) is 58.7 Å². The van der Waals surface area contributed by atoms with Gasteiger partial charge in [-0.1, -0.05) is 26.0 Å². The molecule has 14 atom stereocenters. The van der Waals surface area contributed by atoms with E-state index in [2.05, 4.69) is 0 Å². The van der Waals surface area contributed by atoms with E-state index >= 15 is 0 Å². The lowest BCUT2D eigenvalue weighted by Gasteiger charge is -2.49. The summed E-state index contributed by atoms with van der Waals surface area (Å²) in [7, 11) is 4.94. The topological polar surface area (TPSA) is 220 Å². The minimum Gasteiger partial charge on any atom is -0.507 e. The first-order valence-corrected chi connectivity index (χ1v) is 20.4. The maximum Gasteiger partial charge on any atom is 0.316 e. The summed E-state index contributed by atoms with van der Waals surface area (Å²) in [5.41, 5.74) is -2.53. The molecule has 5 aliphatic rings. The van der Waals surface area contributed by atoms with Gasteiger partial charge in [0.15, 0.2) is 24.7 Å². The third kappa shape index (κ3) is 7.81. The van der Waals surface area contributed by atoms with Gasteiger partial charge >= 0.3 is 5.97 Å². The van der Waals surface area contributed by atoms with Crippen molar-refractivity contribution in [1.82, 2.24) is 4.90 Å². The van der Waals surface area contributed by atoms with Crippen LogP contribution in [0.5, 0.6) is 11.5 Å². The smallest absolute Gasteiger partial charge is 0.316 e. The van der Waals surface area contributed by atoms with Crippen LogP contribution in [0, 0.1) is 5.92 Å². The van der Waals surface area contributed by atoms with E-state index in [1.165, 1.54) is 31.4 Å². The van der Waals surface area contributed by atoms with Crippen LogP contribution < -0.4 is 0 Å². The van der Waals surface area contributed by atoms with Crippen LogP contribution in [0.25, 0.3) is 0 Å². The maximum atomic E-state index is 14.0. The number of ketones is 2. The zero-order valence-electron chi connectivity index (χ0n) is 34.7. The lowest BCUT2D eigenvalue weighted by molar-refractivity contribution is -0.328. The molecular weight excluding hydrogens is 770 g/mol. The number of ether oxygens (including phenoxy) is 7. The monoisotopic (exact) mass is 827 g/mol. The van der Waals surface area contributed by atoms with Gasteiger partial charge in [0.25, 0.3) is 0 Å². The Hall–Kier alpha value is -3.55. The second kappa shape index (κ2) is 16.7. The number of nitrogens with zero attached hydrogens (tertiary/aromatic N) is 1. The second-order valence-electron chi connectivity index (χ2n) is 17.2. The number of phenolic OH excluding ortho intramolecular Hbond substituents is 2. The Morgan fingerprint density at radius 3 is 2.10 bits per heavy atom. The van der Waals surface area contributed by atoms with E-state index in [1.807, 2.05) is 25.9 Å². The minimum atomic E-state index is -1.80. The first-order chi connectivity index (χ1) is 27.9. The van der Waals surface area contributed by atoms with Crippen molar-refractivity contribution < 1.29 is 73.1 Å². The molecule has 7 rings (SSSR count). The van der Waals surface area contributed by atoms with Crippen LogP contribution in [0.2, 0.25) is 0 Å². The van der Waals surface area contributed by atoms with E-state index in [4.69, 9.17) is 33.2 Å². The van der Waals surface area contributed by atoms with Crippen molar-refractivity contribution in [3.8, 4) is 11.5 Å². The standard InChI is InChI=1S/C43H57NO15/c1-18(2)43(52)17-29(34-23(36(43)42(51)53-8)14-24-35(39(34)50)38(49)33-22(37(24)48)10-9-11-27(33)46)57-31-15-25(44(6)7)40(20(4)55-31)59-32-16-28(47)41(21(5)56-32)58-30-13-12-26(45)19(3)54-30/h9-11,14,18-21,25-26,28-32,36,40-41,45-47,50,52H,12-13,15-17H2,1-8H3/t19-,20-,21-,25-,26-,28-,29-,30-,31-,32-,36-,40+,41+,43-/m0/s1. The van der Waals surface area contributed by atoms with Gasteiger partial charge in [-0.25, -0.2) is 0 Å². The molecule has 2 aromatic carbocycles. The Morgan fingerprint density at radius 1 is 0.831 bits per heavy atom. The van der Waals surface area contributed by atoms with E-state index < -0.39 is 114 Å². The van der Waals surface area contributed by atoms with Gasteiger partial charge in [0.05, 0.1) is 60.5 Å². The Balaban J connectivity index is 1.15. The summed E-state index contributed by atoms with van der Waals surface area (Å²) in [6.45, 7) is 8.86. The summed E-state index contributed by atoms with van der Waals surface area (Å²) in [4.78, 5) is 43.4. The van der Waals surface area contributed by atoms with Crippen LogP contribution in [0.3, 0.4) is 0 Å². The summed E-state index contributed by atoms with van der Waals surface area (Å²) < 4.78 is 43.0. The molecule has 16 nitrogen and oxygen atoms in total. The third-order valence-corrected chi connectivity index (χ3v) is 12.9. The molecule has 0 saturated carbocycles. The highest BCUT2D eigenvalue weighted by atomic mass is 16.7. The zero-order valence-corrected chi connectivity index (χ0v) is 34.7. The van der Waals surface area contributed by atoms with Crippen molar-refractivity contribution in [2.75, 3.05) is 21.2 Å². The molecule has 3 aliphatic heterocycles. The number of likely N-dealkylation sites (N-methyl/N-ethyl adjacent to an activating group) is 1. The summed E-state index contributed by atoms with van der Waals surface area (Å²) in [6.07, 6.45) is -6.65. The average Bonchev–Trinajstić information content (AvgIpc) is 3.16. The molecule has 0 bridgehead atoms. The number of benzene rings is 2.